The Kier molecular flexibility index (Phi) is 3.92. The van der Waals surface area contributed by atoms with E-state index in [0.717, 1.165) is 48.9 Å². The summed E-state index contributed by atoms with van der Waals surface area (Å²) in [6.07, 6.45) is 2.13. The maximum atomic E-state index is 5.71. The van der Waals surface area contributed by atoms with Crippen LogP contribution in [0.2, 0.25) is 0 Å². The fourth-order valence-corrected chi connectivity index (χ4v) is 2.42. The number of ether oxygens (including phenoxy) is 1. The zero-order chi connectivity index (χ0) is 13.8. The molecule has 0 saturated carbocycles. The third kappa shape index (κ3) is 2.80. The predicted molar refractivity (Wildman–Crippen MR) is 79.6 cm³/mol. The minimum Gasteiger partial charge on any atom is -0.370 e. The lowest BCUT2D eigenvalue weighted by molar-refractivity contribution is 0.105. The van der Waals surface area contributed by atoms with Crippen molar-refractivity contribution in [1.29, 1.82) is 0 Å². The van der Waals surface area contributed by atoms with Gasteiger partial charge < -0.3 is 10.1 Å². The fraction of sp³-hybridized carbons (Fsp3) is 0.375. The molecule has 0 amide bonds. The summed E-state index contributed by atoms with van der Waals surface area (Å²) >= 11 is 0. The van der Waals surface area contributed by atoms with Gasteiger partial charge in [-0.3, -0.25) is 0 Å². The normalized spacial score (nSPS) is 18.1. The van der Waals surface area contributed by atoms with E-state index in [9.17, 15) is 0 Å². The summed E-state index contributed by atoms with van der Waals surface area (Å²) in [7, 11) is 0. The minimum absolute atomic E-state index is 0.0380. The van der Waals surface area contributed by atoms with Crippen LogP contribution < -0.4 is 5.32 Å². The van der Waals surface area contributed by atoms with Gasteiger partial charge in [0.2, 0.25) is 0 Å². The van der Waals surface area contributed by atoms with E-state index >= 15 is 0 Å². The number of aromatic nitrogens is 2. The van der Waals surface area contributed by atoms with Crippen molar-refractivity contribution in [2.24, 2.45) is 0 Å². The maximum absolute atomic E-state index is 5.71. The standard InChI is InChI=1S/C16H19N3O/c1-2-17-15-11-13(12-7-4-3-5-8-12)18-16(19-15)14-9-6-10-20-14/h3-5,7-8,11,14H,2,6,9-10H2,1H3,(H,17,18,19). The Labute approximate surface area is 119 Å². The molecule has 2 aromatic rings. The molecule has 0 radical (unpaired) electrons. The second-order valence-corrected chi connectivity index (χ2v) is 4.89. The molecule has 1 atom stereocenters. The summed E-state index contributed by atoms with van der Waals surface area (Å²) in [5.74, 6) is 1.66. The Bertz CT molecular complexity index is 565. The summed E-state index contributed by atoms with van der Waals surface area (Å²) in [4.78, 5) is 9.28. The number of rotatable bonds is 4. The fourth-order valence-electron chi connectivity index (χ4n) is 2.42. The van der Waals surface area contributed by atoms with Crippen molar-refractivity contribution in [2.45, 2.75) is 25.9 Å². The highest BCUT2D eigenvalue weighted by Crippen LogP contribution is 2.29. The first-order valence-electron chi connectivity index (χ1n) is 7.16. The molecule has 0 bridgehead atoms. The number of hydrogen-bond acceptors (Lipinski definition) is 4. The Morgan fingerprint density at radius 2 is 2.10 bits per heavy atom. The van der Waals surface area contributed by atoms with Gasteiger partial charge in [-0.1, -0.05) is 30.3 Å². The molecule has 20 heavy (non-hydrogen) atoms. The SMILES string of the molecule is CCNc1cc(-c2ccccc2)nc(C2CCCO2)n1. The van der Waals surface area contributed by atoms with Crippen LogP contribution in [0.25, 0.3) is 11.3 Å². The largest absolute Gasteiger partial charge is 0.370 e. The molecule has 1 aromatic carbocycles. The maximum Gasteiger partial charge on any atom is 0.160 e. The molecule has 1 unspecified atom stereocenters. The van der Waals surface area contributed by atoms with Crippen LogP contribution in [0.1, 0.15) is 31.7 Å². The Morgan fingerprint density at radius 1 is 1.25 bits per heavy atom. The first-order chi connectivity index (χ1) is 9.86. The molecule has 4 nitrogen and oxygen atoms in total. The van der Waals surface area contributed by atoms with Crippen molar-refractivity contribution in [1.82, 2.24) is 9.97 Å². The average molecular weight is 269 g/mol. The third-order valence-corrected chi connectivity index (χ3v) is 3.39. The van der Waals surface area contributed by atoms with Crippen molar-refractivity contribution < 1.29 is 4.74 Å². The first kappa shape index (κ1) is 13.1. The van der Waals surface area contributed by atoms with Crippen molar-refractivity contribution in [3.05, 3.63) is 42.2 Å². The van der Waals surface area contributed by atoms with Crippen molar-refractivity contribution in [3.63, 3.8) is 0 Å². The quantitative estimate of drug-likeness (QED) is 0.923. The molecule has 1 aromatic heterocycles. The van der Waals surface area contributed by atoms with Gasteiger partial charge in [0.15, 0.2) is 5.82 Å². The number of hydrogen-bond donors (Lipinski definition) is 1. The Balaban J connectivity index is 2.00. The zero-order valence-corrected chi connectivity index (χ0v) is 11.7. The van der Waals surface area contributed by atoms with Crippen molar-refractivity contribution >= 4 is 5.82 Å². The topological polar surface area (TPSA) is 47.0 Å². The molecule has 4 heteroatoms. The third-order valence-electron chi connectivity index (χ3n) is 3.39. The summed E-state index contributed by atoms with van der Waals surface area (Å²) in [6, 6.07) is 12.2. The Hall–Kier alpha value is -1.94. The second kappa shape index (κ2) is 6.01. The van der Waals surface area contributed by atoms with E-state index in [2.05, 4.69) is 29.4 Å². The summed E-state index contributed by atoms with van der Waals surface area (Å²) < 4.78 is 5.71. The van der Waals surface area contributed by atoms with Gasteiger partial charge in [0.05, 0.1) is 5.69 Å². The van der Waals surface area contributed by atoms with E-state index in [-0.39, 0.29) is 6.10 Å². The molecule has 1 saturated heterocycles. The lowest BCUT2D eigenvalue weighted by Crippen LogP contribution is -2.08. The van der Waals surface area contributed by atoms with E-state index in [0.29, 0.717) is 0 Å². The summed E-state index contributed by atoms with van der Waals surface area (Å²) in [5.41, 5.74) is 2.05. The summed E-state index contributed by atoms with van der Waals surface area (Å²) in [5, 5.41) is 3.27. The Morgan fingerprint density at radius 3 is 2.80 bits per heavy atom. The molecule has 1 fully saturated rings. The molecule has 0 spiro atoms. The second-order valence-electron chi connectivity index (χ2n) is 4.89. The van der Waals surface area contributed by atoms with E-state index in [1.54, 1.807) is 0 Å². The van der Waals surface area contributed by atoms with Crippen LogP contribution in [0.15, 0.2) is 36.4 Å². The average Bonchev–Trinajstić information content (AvgIpc) is 3.02. The van der Waals surface area contributed by atoms with Gasteiger partial charge in [-0.15, -0.1) is 0 Å². The van der Waals surface area contributed by atoms with E-state index in [1.165, 1.54) is 0 Å². The number of nitrogens with zero attached hydrogens (tertiary/aromatic N) is 2. The van der Waals surface area contributed by atoms with Gasteiger partial charge in [-0.25, -0.2) is 9.97 Å². The highest BCUT2D eigenvalue weighted by molar-refractivity contribution is 5.62. The molecular formula is C16H19N3O. The van der Waals surface area contributed by atoms with Crippen LogP contribution in [0, 0.1) is 0 Å². The number of nitrogens with one attached hydrogen (secondary N) is 1. The smallest absolute Gasteiger partial charge is 0.160 e. The molecule has 2 heterocycles. The van der Waals surface area contributed by atoms with Gasteiger partial charge >= 0.3 is 0 Å². The molecule has 1 aliphatic heterocycles. The predicted octanol–water partition coefficient (Wildman–Crippen LogP) is 3.43. The molecule has 0 aliphatic carbocycles. The van der Waals surface area contributed by atoms with Gasteiger partial charge in [0.25, 0.3) is 0 Å². The van der Waals surface area contributed by atoms with Gasteiger partial charge in [-0.2, -0.15) is 0 Å². The van der Waals surface area contributed by atoms with Gasteiger partial charge in [0.1, 0.15) is 11.9 Å². The lowest BCUT2D eigenvalue weighted by Gasteiger charge is -2.12. The van der Waals surface area contributed by atoms with Crippen LogP contribution >= 0.6 is 0 Å². The molecule has 104 valence electrons. The van der Waals surface area contributed by atoms with E-state index in [4.69, 9.17) is 9.72 Å². The monoisotopic (exact) mass is 269 g/mol. The van der Waals surface area contributed by atoms with Gasteiger partial charge in [-0.05, 0) is 19.8 Å². The van der Waals surface area contributed by atoms with Crippen LogP contribution in [-0.4, -0.2) is 23.1 Å². The zero-order valence-electron chi connectivity index (χ0n) is 11.7. The molecule has 1 aliphatic rings. The van der Waals surface area contributed by atoms with Gasteiger partial charge in [0, 0.05) is 24.8 Å². The molecular weight excluding hydrogens is 250 g/mol. The van der Waals surface area contributed by atoms with Crippen LogP contribution in [0.5, 0.6) is 0 Å². The summed E-state index contributed by atoms with van der Waals surface area (Å²) in [6.45, 7) is 3.71. The number of anilines is 1. The molecule has 3 rings (SSSR count). The lowest BCUT2D eigenvalue weighted by atomic mass is 10.1. The minimum atomic E-state index is 0.0380. The first-order valence-corrected chi connectivity index (χ1v) is 7.16. The van der Waals surface area contributed by atoms with Crippen molar-refractivity contribution in [3.8, 4) is 11.3 Å². The van der Waals surface area contributed by atoms with Crippen LogP contribution in [-0.2, 0) is 4.74 Å². The highest BCUT2D eigenvalue weighted by Gasteiger charge is 2.21. The highest BCUT2D eigenvalue weighted by atomic mass is 16.5. The van der Waals surface area contributed by atoms with E-state index in [1.807, 2.05) is 24.3 Å². The van der Waals surface area contributed by atoms with E-state index < -0.39 is 0 Å². The molecule has 1 N–H and O–H groups in total. The van der Waals surface area contributed by atoms with Crippen molar-refractivity contribution in [2.75, 3.05) is 18.5 Å². The number of benzene rings is 1. The van der Waals surface area contributed by atoms with Crippen LogP contribution in [0.3, 0.4) is 0 Å². The van der Waals surface area contributed by atoms with Crippen LogP contribution in [0.4, 0.5) is 5.82 Å².